The van der Waals surface area contributed by atoms with Crippen molar-refractivity contribution in [3.63, 3.8) is 0 Å². The molecule has 0 aromatic carbocycles. The number of hydrogen-bond donors (Lipinski definition) is 0. The maximum atomic E-state index is 10.5. The van der Waals surface area contributed by atoms with Gasteiger partial charge in [0.1, 0.15) is 0 Å². The molecule has 0 rings (SSSR count). The summed E-state index contributed by atoms with van der Waals surface area (Å²) >= 11 is 0. The van der Waals surface area contributed by atoms with E-state index >= 15 is 0 Å². The molecule has 0 N–H and O–H groups in total. The van der Waals surface area contributed by atoms with Gasteiger partial charge in [-0.25, -0.2) is 8.42 Å². The Hall–Kier alpha value is 0.200. The lowest BCUT2D eigenvalue weighted by Crippen LogP contribution is -2.14. The summed E-state index contributed by atoms with van der Waals surface area (Å²) in [5.74, 6) is -0.0494. The van der Waals surface area contributed by atoms with E-state index in [0.29, 0.717) is 13.2 Å². The van der Waals surface area contributed by atoms with Gasteiger partial charge in [0.15, 0.2) is 0 Å². The molecular weight excluding hydrogens is 188 g/mol. The molecule has 0 saturated heterocycles. The summed E-state index contributed by atoms with van der Waals surface area (Å²) < 4.78 is 26.0. The molecule has 0 aromatic heterocycles. The minimum atomic E-state index is -3.36. The second-order valence-electron chi connectivity index (χ2n) is 2.47. The molecule has 0 saturated carbocycles. The molecule has 0 spiro atoms. The SMILES string of the molecule is CCOC[C@@H](C)CS(=O)(=O)Cl. The average molecular weight is 201 g/mol. The molecule has 0 heterocycles. The van der Waals surface area contributed by atoms with Crippen LogP contribution in [0.25, 0.3) is 0 Å². The van der Waals surface area contributed by atoms with Gasteiger partial charge in [0, 0.05) is 17.3 Å². The molecule has 3 nitrogen and oxygen atoms in total. The van der Waals surface area contributed by atoms with Crippen LogP contribution in [0.2, 0.25) is 0 Å². The van der Waals surface area contributed by atoms with Gasteiger partial charge < -0.3 is 4.74 Å². The molecular formula is C6H13ClO3S. The largest absolute Gasteiger partial charge is 0.381 e. The quantitative estimate of drug-likeness (QED) is 0.627. The van der Waals surface area contributed by atoms with Crippen LogP contribution in [0.4, 0.5) is 0 Å². The molecule has 1 atom stereocenters. The Morgan fingerprint density at radius 3 is 2.45 bits per heavy atom. The van der Waals surface area contributed by atoms with Crippen LogP contribution >= 0.6 is 10.7 Å². The lowest BCUT2D eigenvalue weighted by atomic mass is 10.2. The van der Waals surface area contributed by atoms with E-state index in [1.165, 1.54) is 0 Å². The van der Waals surface area contributed by atoms with E-state index in [2.05, 4.69) is 0 Å². The molecule has 0 aliphatic carbocycles. The maximum absolute atomic E-state index is 10.5. The summed E-state index contributed by atoms with van der Waals surface area (Å²) in [7, 11) is 1.66. The molecule has 0 amide bonds. The van der Waals surface area contributed by atoms with Crippen LogP contribution in [0.15, 0.2) is 0 Å². The lowest BCUT2D eigenvalue weighted by Gasteiger charge is -2.07. The van der Waals surface area contributed by atoms with E-state index in [4.69, 9.17) is 15.4 Å². The van der Waals surface area contributed by atoms with Gasteiger partial charge in [-0.05, 0) is 12.8 Å². The predicted octanol–water partition coefficient (Wildman–Crippen LogP) is 1.23. The van der Waals surface area contributed by atoms with Gasteiger partial charge in [-0.2, -0.15) is 0 Å². The van der Waals surface area contributed by atoms with Gasteiger partial charge in [-0.1, -0.05) is 6.92 Å². The van der Waals surface area contributed by atoms with Gasteiger partial charge >= 0.3 is 0 Å². The fourth-order valence-corrected chi connectivity index (χ4v) is 2.13. The van der Waals surface area contributed by atoms with Crippen LogP contribution in [0.1, 0.15) is 13.8 Å². The third-order valence-corrected chi connectivity index (χ3v) is 2.44. The Morgan fingerprint density at radius 2 is 2.09 bits per heavy atom. The van der Waals surface area contributed by atoms with Gasteiger partial charge in [0.2, 0.25) is 9.05 Å². The van der Waals surface area contributed by atoms with Gasteiger partial charge in [0.25, 0.3) is 0 Å². The first-order valence-electron chi connectivity index (χ1n) is 3.45. The molecule has 68 valence electrons. The zero-order valence-electron chi connectivity index (χ0n) is 6.71. The third kappa shape index (κ3) is 8.10. The van der Waals surface area contributed by atoms with E-state index in [0.717, 1.165) is 0 Å². The standard InChI is InChI=1S/C6H13ClO3S/c1-3-10-4-6(2)5-11(7,8)9/h6H,3-5H2,1-2H3/t6-/m1/s1. The first-order valence-corrected chi connectivity index (χ1v) is 5.93. The Kier molecular flexibility index (Phi) is 5.04. The fraction of sp³-hybridized carbons (Fsp3) is 1.00. The first kappa shape index (κ1) is 11.2. The predicted molar refractivity (Wildman–Crippen MR) is 45.3 cm³/mol. The zero-order chi connectivity index (χ0) is 8.91. The monoisotopic (exact) mass is 200 g/mol. The molecule has 0 fully saturated rings. The summed E-state index contributed by atoms with van der Waals surface area (Å²) in [4.78, 5) is 0. The van der Waals surface area contributed by atoms with E-state index < -0.39 is 9.05 Å². The summed E-state index contributed by atoms with van der Waals surface area (Å²) in [5, 5.41) is 0. The zero-order valence-corrected chi connectivity index (χ0v) is 8.28. The number of halogens is 1. The molecule has 0 aromatic rings. The summed E-state index contributed by atoms with van der Waals surface area (Å²) in [6, 6.07) is 0. The van der Waals surface area contributed by atoms with Crippen molar-refractivity contribution in [3.8, 4) is 0 Å². The first-order chi connectivity index (χ1) is 4.95. The summed E-state index contributed by atoms with van der Waals surface area (Å²) in [6.45, 7) is 4.70. The van der Waals surface area contributed by atoms with Crippen molar-refractivity contribution < 1.29 is 13.2 Å². The van der Waals surface area contributed by atoms with Crippen LogP contribution in [0.5, 0.6) is 0 Å². The Labute approximate surface area is 72.1 Å². The number of hydrogen-bond acceptors (Lipinski definition) is 3. The Balaban J connectivity index is 3.61. The molecule has 11 heavy (non-hydrogen) atoms. The second-order valence-corrected chi connectivity index (χ2v) is 5.29. The van der Waals surface area contributed by atoms with Crippen molar-refractivity contribution in [1.29, 1.82) is 0 Å². The molecule has 0 unspecified atom stereocenters. The maximum Gasteiger partial charge on any atom is 0.232 e. The van der Waals surface area contributed by atoms with E-state index in [1.807, 2.05) is 6.92 Å². The van der Waals surface area contributed by atoms with Gasteiger partial charge in [-0.15, -0.1) is 0 Å². The smallest absolute Gasteiger partial charge is 0.232 e. The minimum absolute atomic E-state index is 0.0193. The third-order valence-electron chi connectivity index (χ3n) is 1.09. The van der Waals surface area contributed by atoms with Crippen molar-refractivity contribution in [3.05, 3.63) is 0 Å². The highest BCUT2D eigenvalue weighted by Crippen LogP contribution is 2.05. The second kappa shape index (κ2) is 4.95. The molecule has 0 radical (unpaired) electrons. The molecule has 5 heteroatoms. The van der Waals surface area contributed by atoms with Gasteiger partial charge in [0.05, 0.1) is 12.4 Å². The van der Waals surface area contributed by atoms with Crippen molar-refractivity contribution in [2.45, 2.75) is 13.8 Å². The molecule has 0 aliphatic heterocycles. The minimum Gasteiger partial charge on any atom is -0.381 e. The highest BCUT2D eigenvalue weighted by Gasteiger charge is 2.11. The molecule has 0 aliphatic rings. The van der Waals surface area contributed by atoms with Crippen LogP contribution in [-0.2, 0) is 13.8 Å². The van der Waals surface area contributed by atoms with Gasteiger partial charge in [-0.3, -0.25) is 0 Å². The summed E-state index contributed by atoms with van der Waals surface area (Å²) in [6.07, 6.45) is 0. The average Bonchev–Trinajstić information content (AvgIpc) is 1.79. The van der Waals surface area contributed by atoms with Crippen molar-refractivity contribution in [2.75, 3.05) is 19.0 Å². The normalized spacial score (nSPS) is 14.8. The number of rotatable bonds is 5. The summed E-state index contributed by atoms with van der Waals surface area (Å²) in [5.41, 5.74) is 0. The Morgan fingerprint density at radius 1 is 1.55 bits per heavy atom. The Bertz CT molecular complexity index is 188. The van der Waals surface area contributed by atoms with Crippen molar-refractivity contribution in [2.24, 2.45) is 5.92 Å². The van der Waals surface area contributed by atoms with E-state index in [1.54, 1.807) is 6.92 Å². The van der Waals surface area contributed by atoms with Crippen LogP contribution < -0.4 is 0 Å². The number of ether oxygens (including phenoxy) is 1. The lowest BCUT2D eigenvalue weighted by molar-refractivity contribution is 0.122. The highest BCUT2D eigenvalue weighted by atomic mass is 35.7. The fourth-order valence-electron chi connectivity index (χ4n) is 0.707. The van der Waals surface area contributed by atoms with Crippen molar-refractivity contribution >= 4 is 19.7 Å². The van der Waals surface area contributed by atoms with E-state index in [-0.39, 0.29) is 11.7 Å². The highest BCUT2D eigenvalue weighted by molar-refractivity contribution is 8.13. The van der Waals surface area contributed by atoms with Crippen LogP contribution in [0.3, 0.4) is 0 Å². The topological polar surface area (TPSA) is 43.4 Å². The van der Waals surface area contributed by atoms with Crippen molar-refractivity contribution in [1.82, 2.24) is 0 Å². The molecule has 0 bridgehead atoms. The van der Waals surface area contributed by atoms with Crippen LogP contribution in [-0.4, -0.2) is 27.4 Å². The van der Waals surface area contributed by atoms with Crippen LogP contribution in [0, 0.1) is 5.92 Å². The van der Waals surface area contributed by atoms with E-state index in [9.17, 15) is 8.42 Å².